The Morgan fingerprint density at radius 1 is 1.52 bits per heavy atom. The zero-order valence-electron chi connectivity index (χ0n) is 14.0. The normalized spacial score (nSPS) is 20.8. The highest BCUT2D eigenvalue weighted by atomic mass is 19.1. The Morgan fingerprint density at radius 3 is 2.84 bits per heavy atom. The number of halogens is 1. The third-order valence-electron chi connectivity index (χ3n) is 4.09. The molecule has 0 atom stereocenters. The number of rotatable bonds is 5. The Morgan fingerprint density at radius 2 is 2.32 bits per heavy atom. The fourth-order valence-corrected chi connectivity index (χ4v) is 2.45. The Bertz CT molecular complexity index is 811. The van der Waals surface area contributed by atoms with E-state index in [0.717, 1.165) is 16.7 Å². The molecule has 0 unspecified atom stereocenters. The monoisotopic (exact) mass is 341 g/mol. The van der Waals surface area contributed by atoms with Crippen LogP contribution in [0.4, 0.5) is 4.39 Å². The van der Waals surface area contributed by atoms with Gasteiger partial charge < -0.3 is 10.6 Å². The van der Waals surface area contributed by atoms with E-state index in [0.29, 0.717) is 12.2 Å². The molecule has 1 saturated heterocycles. The number of aliphatic imine (C=N–C) groups is 1. The van der Waals surface area contributed by atoms with Crippen molar-refractivity contribution >= 4 is 17.7 Å². The van der Waals surface area contributed by atoms with Crippen LogP contribution in [0.25, 0.3) is 5.57 Å². The van der Waals surface area contributed by atoms with E-state index in [2.05, 4.69) is 27.3 Å². The third kappa shape index (κ3) is 3.83. The molecule has 130 valence electrons. The number of alkyl halides is 1. The van der Waals surface area contributed by atoms with E-state index in [1.807, 2.05) is 25.4 Å². The van der Waals surface area contributed by atoms with Crippen LogP contribution >= 0.6 is 0 Å². The van der Waals surface area contributed by atoms with Crippen LogP contribution in [0.2, 0.25) is 0 Å². The maximum atomic E-state index is 14.0. The predicted octanol–water partition coefficient (Wildman–Crippen LogP) is 1.66. The van der Waals surface area contributed by atoms with Gasteiger partial charge in [-0.2, -0.15) is 5.10 Å². The summed E-state index contributed by atoms with van der Waals surface area (Å²) in [7, 11) is 1.86. The van der Waals surface area contributed by atoms with Gasteiger partial charge in [0.25, 0.3) is 5.91 Å². The lowest BCUT2D eigenvalue weighted by molar-refractivity contribution is -0.135. The number of nitrogens with zero attached hydrogens (tertiary/aromatic N) is 3. The summed E-state index contributed by atoms with van der Waals surface area (Å²) in [4.78, 5) is 16.0. The minimum absolute atomic E-state index is 0.0461. The number of hydrogen-bond acceptors (Lipinski definition) is 4. The molecule has 0 aromatic carbocycles. The molecular formula is C18H20FN5O. The van der Waals surface area contributed by atoms with Gasteiger partial charge in [0.1, 0.15) is 5.82 Å². The Balaban J connectivity index is 1.63. The lowest BCUT2D eigenvalue weighted by Gasteiger charge is -2.33. The first kappa shape index (κ1) is 17.0. The van der Waals surface area contributed by atoms with Gasteiger partial charge in [-0.3, -0.25) is 9.48 Å². The van der Waals surface area contributed by atoms with Crippen LogP contribution in [0.15, 0.2) is 59.7 Å². The number of aromatic nitrogens is 2. The molecule has 0 aliphatic carbocycles. The lowest BCUT2D eigenvalue weighted by atomic mass is 9.98. The molecule has 2 aliphatic rings. The van der Waals surface area contributed by atoms with Crippen molar-refractivity contribution in [2.75, 3.05) is 13.1 Å². The van der Waals surface area contributed by atoms with E-state index in [1.165, 1.54) is 0 Å². The minimum atomic E-state index is -1.82. The summed E-state index contributed by atoms with van der Waals surface area (Å²) in [5.41, 5.74) is 1.08. The van der Waals surface area contributed by atoms with Gasteiger partial charge >= 0.3 is 0 Å². The Kier molecular flexibility index (Phi) is 4.76. The van der Waals surface area contributed by atoms with Gasteiger partial charge in [0, 0.05) is 38.1 Å². The maximum Gasteiger partial charge on any atom is 0.265 e. The zero-order valence-corrected chi connectivity index (χ0v) is 14.0. The van der Waals surface area contributed by atoms with Crippen molar-refractivity contribution in [2.45, 2.75) is 12.1 Å². The fraction of sp³-hybridized carbons (Fsp3) is 0.278. The SMILES string of the molecule is C=C/C(=C\C=C1\C=NC(NC(=O)C2(F)CNC2)=CC1)c1cnn(C)c1. The van der Waals surface area contributed by atoms with E-state index >= 15 is 0 Å². The predicted molar refractivity (Wildman–Crippen MR) is 95.5 cm³/mol. The molecule has 6 nitrogen and oxygen atoms in total. The fourth-order valence-electron chi connectivity index (χ4n) is 2.45. The van der Waals surface area contributed by atoms with E-state index in [9.17, 15) is 9.18 Å². The van der Waals surface area contributed by atoms with Gasteiger partial charge in [0.05, 0.1) is 6.20 Å². The molecule has 2 N–H and O–H groups in total. The van der Waals surface area contributed by atoms with Crippen molar-refractivity contribution in [1.82, 2.24) is 20.4 Å². The van der Waals surface area contributed by atoms with E-state index in [4.69, 9.17) is 0 Å². The summed E-state index contributed by atoms with van der Waals surface area (Å²) in [6, 6.07) is 0. The maximum absolute atomic E-state index is 14.0. The number of amides is 1. The molecule has 0 radical (unpaired) electrons. The summed E-state index contributed by atoms with van der Waals surface area (Å²) in [5, 5.41) is 9.42. The van der Waals surface area contributed by atoms with Crippen molar-refractivity contribution in [1.29, 1.82) is 0 Å². The first-order chi connectivity index (χ1) is 12.0. The second-order valence-corrected chi connectivity index (χ2v) is 6.05. The minimum Gasteiger partial charge on any atom is -0.309 e. The summed E-state index contributed by atoms with van der Waals surface area (Å²) >= 11 is 0. The second kappa shape index (κ2) is 6.98. The second-order valence-electron chi connectivity index (χ2n) is 6.05. The van der Waals surface area contributed by atoms with E-state index in [1.54, 1.807) is 29.2 Å². The molecule has 1 amide bonds. The van der Waals surface area contributed by atoms with Crippen molar-refractivity contribution in [3.8, 4) is 0 Å². The molecular weight excluding hydrogens is 321 g/mol. The molecule has 0 bridgehead atoms. The van der Waals surface area contributed by atoms with Crippen LogP contribution in [0.5, 0.6) is 0 Å². The van der Waals surface area contributed by atoms with Gasteiger partial charge in [-0.1, -0.05) is 24.8 Å². The average molecular weight is 341 g/mol. The van der Waals surface area contributed by atoms with Crippen molar-refractivity contribution in [3.05, 3.63) is 60.2 Å². The zero-order chi connectivity index (χ0) is 17.9. The van der Waals surface area contributed by atoms with Crippen molar-refractivity contribution < 1.29 is 9.18 Å². The number of nitrogens with one attached hydrogen (secondary N) is 2. The highest BCUT2D eigenvalue weighted by Gasteiger charge is 2.45. The molecule has 25 heavy (non-hydrogen) atoms. The summed E-state index contributed by atoms with van der Waals surface area (Å²) in [6.07, 6.45) is 13.4. The Labute approximate surface area is 145 Å². The largest absolute Gasteiger partial charge is 0.309 e. The van der Waals surface area contributed by atoms with Crippen LogP contribution in [-0.2, 0) is 11.8 Å². The summed E-state index contributed by atoms with van der Waals surface area (Å²) in [5.74, 6) is -0.265. The van der Waals surface area contributed by atoms with E-state index < -0.39 is 11.6 Å². The van der Waals surface area contributed by atoms with Gasteiger partial charge in [-0.25, -0.2) is 9.38 Å². The van der Waals surface area contributed by atoms with Crippen LogP contribution in [0.3, 0.4) is 0 Å². The number of carbonyl (C=O) groups is 1. The quantitative estimate of drug-likeness (QED) is 0.800. The van der Waals surface area contributed by atoms with Gasteiger partial charge in [0.2, 0.25) is 5.67 Å². The van der Waals surface area contributed by atoms with Gasteiger partial charge in [-0.05, 0) is 23.6 Å². The van der Waals surface area contributed by atoms with Crippen molar-refractivity contribution in [2.24, 2.45) is 12.0 Å². The van der Waals surface area contributed by atoms with Gasteiger partial charge in [-0.15, -0.1) is 0 Å². The molecule has 1 fully saturated rings. The standard InChI is InChI=1S/C18H20FN5O/c1-3-14(15-9-22-24(2)10-15)6-4-13-5-7-16(21-8-13)23-17(25)18(19)11-20-12-18/h3-4,6-10,20H,1,5,11-12H2,2H3,(H,23,25)/b13-4+,14-6+. The molecule has 2 aliphatic heterocycles. The highest BCUT2D eigenvalue weighted by molar-refractivity contribution is 5.89. The number of allylic oxidation sites excluding steroid dienone is 6. The average Bonchev–Trinajstić information content (AvgIpc) is 3.01. The molecule has 3 heterocycles. The molecule has 0 spiro atoms. The third-order valence-corrected chi connectivity index (χ3v) is 4.09. The molecule has 1 aromatic heterocycles. The summed E-state index contributed by atoms with van der Waals surface area (Å²) < 4.78 is 15.7. The van der Waals surface area contributed by atoms with E-state index in [-0.39, 0.29) is 13.1 Å². The van der Waals surface area contributed by atoms with Crippen LogP contribution in [0, 0.1) is 0 Å². The topological polar surface area (TPSA) is 71.3 Å². The van der Waals surface area contributed by atoms with Crippen LogP contribution in [-0.4, -0.2) is 40.7 Å². The first-order valence-corrected chi connectivity index (χ1v) is 7.98. The number of hydrogen-bond donors (Lipinski definition) is 2. The lowest BCUT2D eigenvalue weighted by Crippen LogP contribution is -2.64. The number of carbonyl (C=O) groups excluding carboxylic acids is 1. The molecule has 7 heteroatoms. The smallest absolute Gasteiger partial charge is 0.265 e. The summed E-state index contributed by atoms with van der Waals surface area (Å²) in [6.45, 7) is 3.92. The molecule has 0 saturated carbocycles. The van der Waals surface area contributed by atoms with Gasteiger partial charge in [0.15, 0.2) is 0 Å². The van der Waals surface area contributed by atoms with Crippen molar-refractivity contribution in [3.63, 3.8) is 0 Å². The Hall–Kier alpha value is -2.80. The van der Waals surface area contributed by atoms with Crippen LogP contribution in [0.1, 0.15) is 12.0 Å². The highest BCUT2D eigenvalue weighted by Crippen LogP contribution is 2.19. The number of aryl methyl sites for hydroxylation is 1. The molecule has 3 rings (SSSR count). The van der Waals surface area contributed by atoms with Crippen LogP contribution < -0.4 is 10.6 Å². The molecule has 1 aromatic rings. The first-order valence-electron chi connectivity index (χ1n) is 7.98.